The number of ether oxygens (including phenoxy) is 1. The van der Waals surface area contributed by atoms with Crippen molar-refractivity contribution < 1.29 is 9.53 Å². The summed E-state index contributed by atoms with van der Waals surface area (Å²) in [5.41, 5.74) is 0.0444. The molecule has 1 amide bonds. The Kier molecular flexibility index (Phi) is 8.71. The molecule has 1 aliphatic carbocycles. The zero-order chi connectivity index (χ0) is 14.5. The van der Waals surface area contributed by atoms with Gasteiger partial charge in [0.25, 0.3) is 0 Å². The third-order valence-corrected chi connectivity index (χ3v) is 4.27. The van der Waals surface area contributed by atoms with Gasteiger partial charge < -0.3 is 15.4 Å². The standard InChI is InChI=1S/C15H30N2O2.ClH/c1-6-7-8-19-13-9-12(15(13,3)4)17-14(18)11(2)10-16-5;/h11-13,16H,6-10H2,1-5H3,(H,17,18);1H. The van der Waals surface area contributed by atoms with Gasteiger partial charge >= 0.3 is 0 Å². The third kappa shape index (κ3) is 4.90. The maximum atomic E-state index is 12.0. The van der Waals surface area contributed by atoms with Gasteiger partial charge in [0.15, 0.2) is 0 Å². The maximum absolute atomic E-state index is 12.0. The number of nitrogens with one attached hydrogen (secondary N) is 2. The second-order valence-electron chi connectivity index (χ2n) is 6.29. The van der Waals surface area contributed by atoms with E-state index < -0.39 is 0 Å². The molecule has 5 heteroatoms. The molecule has 3 unspecified atom stereocenters. The van der Waals surface area contributed by atoms with Crippen LogP contribution < -0.4 is 10.6 Å². The summed E-state index contributed by atoms with van der Waals surface area (Å²) in [7, 11) is 1.87. The Bertz CT molecular complexity index is 298. The summed E-state index contributed by atoms with van der Waals surface area (Å²) in [4.78, 5) is 12.0. The van der Waals surface area contributed by atoms with Crippen molar-refractivity contribution in [3.8, 4) is 0 Å². The van der Waals surface area contributed by atoms with E-state index in [0.717, 1.165) is 32.4 Å². The minimum atomic E-state index is 0. The van der Waals surface area contributed by atoms with Crippen molar-refractivity contribution in [1.29, 1.82) is 0 Å². The van der Waals surface area contributed by atoms with Gasteiger partial charge in [-0.05, 0) is 19.9 Å². The van der Waals surface area contributed by atoms with Gasteiger partial charge in [0, 0.05) is 30.5 Å². The van der Waals surface area contributed by atoms with Gasteiger partial charge in [-0.1, -0.05) is 34.1 Å². The van der Waals surface area contributed by atoms with E-state index in [1.165, 1.54) is 0 Å². The maximum Gasteiger partial charge on any atom is 0.224 e. The lowest BCUT2D eigenvalue weighted by Gasteiger charge is -2.52. The monoisotopic (exact) mass is 306 g/mol. The molecule has 1 saturated carbocycles. The van der Waals surface area contributed by atoms with Gasteiger partial charge in [-0.2, -0.15) is 0 Å². The van der Waals surface area contributed by atoms with Gasteiger partial charge in [-0.3, -0.25) is 4.79 Å². The van der Waals surface area contributed by atoms with Gasteiger partial charge in [0.2, 0.25) is 5.91 Å². The van der Waals surface area contributed by atoms with Gasteiger partial charge in [-0.15, -0.1) is 12.4 Å². The fraction of sp³-hybridized carbons (Fsp3) is 0.933. The fourth-order valence-corrected chi connectivity index (χ4v) is 2.50. The van der Waals surface area contributed by atoms with Gasteiger partial charge in [0.05, 0.1) is 6.10 Å². The van der Waals surface area contributed by atoms with Crippen molar-refractivity contribution in [2.75, 3.05) is 20.2 Å². The summed E-state index contributed by atoms with van der Waals surface area (Å²) in [5, 5.41) is 6.19. The molecule has 4 nitrogen and oxygen atoms in total. The van der Waals surface area contributed by atoms with E-state index in [-0.39, 0.29) is 41.8 Å². The summed E-state index contributed by atoms with van der Waals surface area (Å²) < 4.78 is 5.89. The highest BCUT2D eigenvalue weighted by molar-refractivity contribution is 5.85. The van der Waals surface area contributed by atoms with E-state index >= 15 is 0 Å². The van der Waals surface area contributed by atoms with Crippen molar-refractivity contribution in [1.82, 2.24) is 10.6 Å². The summed E-state index contributed by atoms with van der Waals surface area (Å²) in [6, 6.07) is 0.242. The number of unbranched alkanes of at least 4 members (excludes halogenated alkanes) is 1. The third-order valence-electron chi connectivity index (χ3n) is 4.27. The van der Waals surface area contributed by atoms with E-state index in [1.54, 1.807) is 0 Å². The quantitative estimate of drug-likeness (QED) is 0.677. The van der Waals surface area contributed by atoms with E-state index in [0.29, 0.717) is 0 Å². The highest BCUT2D eigenvalue weighted by atomic mass is 35.5. The molecule has 20 heavy (non-hydrogen) atoms. The van der Waals surface area contributed by atoms with E-state index in [9.17, 15) is 4.79 Å². The minimum Gasteiger partial charge on any atom is -0.378 e. The molecule has 0 aromatic heterocycles. The molecular weight excluding hydrogens is 276 g/mol. The average Bonchev–Trinajstić information content (AvgIpc) is 2.36. The molecule has 0 aliphatic heterocycles. The number of carbonyl (C=O) groups is 1. The van der Waals surface area contributed by atoms with Crippen molar-refractivity contribution in [2.45, 2.75) is 59.1 Å². The average molecular weight is 307 g/mol. The first kappa shape index (κ1) is 19.7. The number of carbonyl (C=O) groups excluding carboxylic acids is 1. The number of rotatable bonds is 8. The normalized spacial score (nSPS) is 25.2. The second-order valence-corrected chi connectivity index (χ2v) is 6.29. The van der Waals surface area contributed by atoms with Crippen LogP contribution in [-0.4, -0.2) is 38.3 Å². The van der Waals surface area contributed by atoms with Gasteiger partial charge in [-0.25, -0.2) is 0 Å². The van der Waals surface area contributed by atoms with Crippen LogP contribution in [0.4, 0.5) is 0 Å². The molecule has 0 bridgehead atoms. The Labute approximate surface area is 129 Å². The lowest BCUT2D eigenvalue weighted by atomic mass is 9.64. The van der Waals surface area contributed by atoms with Crippen molar-refractivity contribution in [2.24, 2.45) is 11.3 Å². The molecule has 1 rings (SSSR count). The zero-order valence-corrected chi connectivity index (χ0v) is 14.3. The van der Waals surface area contributed by atoms with Crippen LogP contribution in [0.2, 0.25) is 0 Å². The summed E-state index contributed by atoms with van der Waals surface area (Å²) in [5.74, 6) is 0.153. The van der Waals surface area contributed by atoms with Gasteiger partial charge in [0.1, 0.15) is 0 Å². The van der Waals surface area contributed by atoms with E-state index in [2.05, 4.69) is 31.4 Å². The Morgan fingerprint density at radius 3 is 2.60 bits per heavy atom. The molecule has 0 heterocycles. The van der Waals surface area contributed by atoms with Crippen LogP contribution in [0.25, 0.3) is 0 Å². The van der Waals surface area contributed by atoms with Crippen LogP contribution in [0.3, 0.4) is 0 Å². The van der Waals surface area contributed by atoms with Crippen LogP contribution in [0.1, 0.15) is 47.0 Å². The molecule has 0 aromatic rings. The zero-order valence-electron chi connectivity index (χ0n) is 13.5. The molecule has 3 atom stereocenters. The number of halogens is 1. The molecule has 1 fully saturated rings. The Hall–Kier alpha value is -0.320. The number of hydrogen-bond acceptors (Lipinski definition) is 3. The minimum absolute atomic E-state index is 0. The molecule has 0 aromatic carbocycles. The smallest absolute Gasteiger partial charge is 0.224 e. The molecule has 120 valence electrons. The summed E-state index contributed by atoms with van der Waals surface area (Å²) in [6.07, 6.45) is 3.50. The SMILES string of the molecule is CCCCOC1CC(NC(=O)C(C)CNC)C1(C)C.Cl. The lowest BCUT2D eigenvalue weighted by molar-refractivity contribution is -0.140. The van der Waals surface area contributed by atoms with E-state index in [1.807, 2.05) is 14.0 Å². The summed E-state index contributed by atoms with van der Waals surface area (Å²) in [6.45, 7) is 10.0. The Morgan fingerprint density at radius 2 is 2.10 bits per heavy atom. The number of amides is 1. The Balaban J connectivity index is 0.00000361. The highest BCUT2D eigenvalue weighted by Crippen LogP contribution is 2.42. The molecule has 2 N–H and O–H groups in total. The molecule has 0 radical (unpaired) electrons. The largest absolute Gasteiger partial charge is 0.378 e. The second kappa shape index (κ2) is 8.85. The molecule has 0 spiro atoms. The first-order valence-electron chi connectivity index (χ1n) is 7.50. The molecular formula is C15H31ClN2O2. The van der Waals surface area contributed by atoms with Crippen molar-refractivity contribution in [3.63, 3.8) is 0 Å². The summed E-state index contributed by atoms with van der Waals surface area (Å²) >= 11 is 0. The fourth-order valence-electron chi connectivity index (χ4n) is 2.50. The number of hydrogen-bond donors (Lipinski definition) is 2. The van der Waals surface area contributed by atoms with Crippen LogP contribution in [0.15, 0.2) is 0 Å². The predicted molar refractivity (Wildman–Crippen MR) is 85.3 cm³/mol. The van der Waals surface area contributed by atoms with Crippen molar-refractivity contribution >= 4 is 18.3 Å². The molecule has 0 saturated heterocycles. The highest BCUT2D eigenvalue weighted by Gasteiger charge is 2.49. The van der Waals surface area contributed by atoms with E-state index in [4.69, 9.17) is 4.74 Å². The van der Waals surface area contributed by atoms with Crippen LogP contribution >= 0.6 is 12.4 Å². The first-order chi connectivity index (χ1) is 8.93. The van der Waals surface area contributed by atoms with Crippen LogP contribution in [-0.2, 0) is 9.53 Å². The van der Waals surface area contributed by atoms with Crippen LogP contribution in [0, 0.1) is 11.3 Å². The molecule has 1 aliphatic rings. The Morgan fingerprint density at radius 1 is 1.45 bits per heavy atom. The lowest BCUT2D eigenvalue weighted by Crippen LogP contribution is -2.62. The van der Waals surface area contributed by atoms with Crippen molar-refractivity contribution in [3.05, 3.63) is 0 Å². The first-order valence-corrected chi connectivity index (χ1v) is 7.50. The topological polar surface area (TPSA) is 50.4 Å². The van der Waals surface area contributed by atoms with Crippen LogP contribution in [0.5, 0.6) is 0 Å². The predicted octanol–water partition coefficient (Wildman–Crippen LogP) is 2.36.